The summed E-state index contributed by atoms with van der Waals surface area (Å²) in [6.45, 7) is 6.29. The van der Waals surface area contributed by atoms with Crippen molar-refractivity contribution in [3.8, 4) is 0 Å². The molecule has 0 aliphatic heterocycles. The molecule has 0 aliphatic carbocycles. The molecule has 0 aromatic heterocycles. The maximum atomic E-state index is 8.69. The molecule has 0 fully saturated rings. The van der Waals surface area contributed by atoms with Crippen molar-refractivity contribution >= 4 is 0 Å². The van der Waals surface area contributed by atoms with Gasteiger partial charge in [0.05, 0.1) is 0 Å². The van der Waals surface area contributed by atoms with Gasteiger partial charge in [-0.25, -0.2) is 0 Å². The van der Waals surface area contributed by atoms with E-state index in [1.807, 2.05) is 13.8 Å². The lowest BCUT2D eigenvalue weighted by Crippen LogP contribution is -2.31. The van der Waals surface area contributed by atoms with Gasteiger partial charge in [0, 0.05) is 0 Å². The molecule has 2 unspecified atom stereocenters. The highest BCUT2D eigenvalue weighted by molar-refractivity contribution is 4.43. The van der Waals surface area contributed by atoms with Crippen molar-refractivity contribution in [2.45, 2.75) is 33.3 Å². The van der Waals surface area contributed by atoms with Crippen LogP contribution in [0, 0.1) is 0 Å². The fourth-order valence-corrected chi connectivity index (χ4v) is 0.631. The number of rotatable bonds is 4. The van der Waals surface area contributed by atoms with Crippen LogP contribution in [0.1, 0.15) is 20.8 Å². The first-order valence-electron chi connectivity index (χ1n) is 3.23. The third-order valence-electron chi connectivity index (χ3n) is 0.893. The highest BCUT2D eigenvalue weighted by atomic mass is 16.6. The van der Waals surface area contributed by atoms with Gasteiger partial charge in [-0.1, -0.05) is 6.92 Å². The van der Waals surface area contributed by atoms with E-state index in [0.29, 0.717) is 0 Å². The van der Waals surface area contributed by atoms with Crippen molar-refractivity contribution in [1.29, 1.82) is 0 Å². The lowest BCUT2D eigenvalue weighted by molar-refractivity contribution is -0.126. The topological polar surface area (TPSA) is 41.5 Å². The second-order valence-electron chi connectivity index (χ2n) is 1.94. The highest BCUT2D eigenvalue weighted by Gasteiger charge is 2.01. The van der Waals surface area contributed by atoms with E-state index < -0.39 is 6.29 Å². The maximum Gasteiger partial charge on any atom is 0.153 e. The zero-order valence-corrected chi connectivity index (χ0v) is 6.22. The highest BCUT2D eigenvalue weighted by Crippen LogP contribution is 1.89. The largest absolute Gasteiger partial charge is 0.368 e. The normalized spacial score (nSPS) is 17.3. The summed E-state index contributed by atoms with van der Waals surface area (Å²) in [5.41, 5.74) is 0. The van der Waals surface area contributed by atoms with E-state index >= 15 is 0 Å². The molecule has 2 atom stereocenters. The molecule has 56 valence electrons. The zero-order chi connectivity index (χ0) is 7.28. The number of nitrogens with one attached hydrogen (secondary N) is 1. The molecule has 0 aliphatic rings. The molecule has 3 heteroatoms. The lowest BCUT2D eigenvalue weighted by Gasteiger charge is -2.14. The number of hydrogen-bond donors (Lipinski definition) is 2. The Kier molecular flexibility index (Phi) is 4.67. The first-order chi connectivity index (χ1) is 4.16. The molecule has 2 N–H and O–H groups in total. The Morgan fingerprint density at radius 2 is 2.11 bits per heavy atom. The van der Waals surface area contributed by atoms with E-state index in [4.69, 9.17) is 9.84 Å². The van der Waals surface area contributed by atoms with Crippen LogP contribution in [0.25, 0.3) is 0 Å². The van der Waals surface area contributed by atoms with Crippen molar-refractivity contribution in [3.05, 3.63) is 0 Å². The summed E-state index contributed by atoms with van der Waals surface area (Å²) in [7, 11) is 0. The molecule has 3 nitrogen and oxygen atoms in total. The fraction of sp³-hybridized carbons (Fsp3) is 1.00. The first kappa shape index (κ1) is 8.88. The van der Waals surface area contributed by atoms with Gasteiger partial charge in [0.25, 0.3) is 0 Å². The van der Waals surface area contributed by atoms with Gasteiger partial charge in [-0.05, 0) is 20.4 Å². The minimum atomic E-state index is -0.681. The molecule has 0 aromatic carbocycles. The Hall–Kier alpha value is -0.120. The smallest absolute Gasteiger partial charge is 0.153 e. The molecule has 0 heterocycles. The van der Waals surface area contributed by atoms with Crippen LogP contribution < -0.4 is 5.32 Å². The third kappa shape index (κ3) is 5.76. The Labute approximate surface area is 56.0 Å². The van der Waals surface area contributed by atoms with Gasteiger partial charge in [-0.2, -0.15) is 0 Å². The van der Waals surface area contributed by atoms with Crippen LogP contribution in [0.15, 0.2) is 0 Å². The third-order valence-corrected chi connectivity index (χ3v) is 0.893. The molecule has 0 bridgehead atoms. The van der Waals surface area contributed by atoms with Gasteiger partial charge < -0.3 is 9.84 Å². The maximum absolute atomic E-state index is 8.69. The van der Waals surface area contributed by atoms with Crippen molar-refractivity contribution in [1.82, 2.24) is 5.32 Å². The monoisotopic (exact) mass is 133 g/mol. The summed E-state index contributed by atoms with van der Waals surface area (Å²) < 4.78 is 4.94. The van der Waals surface area contributed by atoms with Gasteiger partial charge in [0.15, 0.2) is 6.29 Å². The molecule has 0 radical (unpaired) electrons. The minimum Gasteiger partial charge on any atom is -0.368 e. The molecule has 9 heavy (non-hydrogen) atoms. The number of ether oxygens (including phenoxy) is 1. The molecule has 0 saturated heterocycles. The molecule has 0 aromatic rings. The van der Waals surface area contributed by atoms with Crippen LogP contribution >= 0.6 is 0 Å². The van der Waals surface area contributed by atoms with Crippen LogP contribution in [0.2, 0.25) is 0 Å². The van der Waals surface area contributed by atoms with Crippen molar-refractivity contribution in [2.24, 2.45) is 0 Å². The molecular formula is C6H15NO2. The Morgan fingerprint density at radius 3 is 2.44 bits per heavy atom. The molecular weight excluding hydrogens is 118 g/mol. The summed E-state index contributed by atoms with van der Waals surface area (Å²) in [5, 5.41) is 11.7. The number of aliphatic hydroxyl groups is 1. The number of hydrogen-bond acceptors (Lipinski definition) is 3. The van der Waals surface area contributed by atoms with Crippen LogP contribution in [-0.2, 0) is 4.74 Å². The zero-order valence-electron chi connectivity index (χ0n) is 6.22. The van der Waals surface area contributed by atoms with Crippen LogP contribution in [0.5, 0.6) is 0 Å². The Morgan fingerprint density at radius 1 is 1.56 bits per heavy atom. The first-order valence-corrected chi connectivity index (χ1v) is 3.23. The van der Waals surface area contributed by atoms with Gasteiger partial charge >= 0.3 is 0 Å². The second kappa shape index (κ2) is 4.73. The molecule has 0 rings (SSSR count). The van der Waals surface area contributed by atoms with E-state index in [0.717, 1.165) is 6.54 Å². The predicted molar refractivity (Wildman–Crippen MR) is 35.9 cm³/mol. The van der Waals surface area contributed by atoms with Gasteiger partial charge in [0.2, 0.25) is 0 Å². The van der Waals surface area contributed by atoms with E-state index in [1.54, 1.807) is 6.92 Å². The van der Waals surface area contributed by atoms with E-state index in [2.05, 4.69) is 5.32 Å². The average molecular weight is 133 g/mol. The van der Waals surface area contributed by atoms with Crippen molar-refractivity contribution in [3.63, 3.8) is 0 Å². The van der Waals surface area contributed by atoms with E-state index in [9.17, 15) is 0 Å². The summed E-state index contributed by atoms with van der Waals surface area (Å²) in [4.78, 5) is 0. The fourth-order valence-electron chi connectivity index (χ4n) is 0.631. The van der Waals surface area contributed by atoms with Crippen LogP contribution in [0.4, 0.5) is 0 Å². The minimum absolute atomic E-state index is 0.0602. The van der Waals surface area contributed by atoms with E-state index in [-0.39, 0.29) is 6.23 Å². The molecule has 0 spiro atoms. The quantitative estimate of drug-likeness (QED) is 0.542. The van der Waals surface area contributed by atoms with Crippen LogP contribution in [-0.4, -0.2) is 24.2 Å². The summed E-state index contributed by atoms with van der Waals surface area (Å²) in [6, 6.07) is 0. The molecule has 0 saturated carbocycles. The lowest BCUT2D eigenvalue weighted by atomic mass is 10.6. The SMILES string of the molecule is CCNC(C)OC(C)O. The second-order valence-corrected chi connectivity index (χ2v) is 1.94. The van der Waals surface area contributed by atoms with Crippen molar-refractivity contribution < 1.29 is 9.84 Å². The van der Waals surface area contributed by atoms with E-state index in [1.165, 1.54) is 0 Å². The molecule has 0 amide bonds. The Bertz CT molecular complexity index is 66.1. The Balaban J connectivity index is 3.15. The number of aliphatic hydroxyl groups excluding tert-OH is 1. The standard InChI is InChI=1S/C6H15NO2/c1-4-7-5(2)9-6(3)8/h5-8H,4H2,1-3H3. The van der Waals surface area contributed by atoms with Gasteiger partial charge in [-0.15, -0.1) is 0 Å². The van der Waals surface area contributed by atoms with Crippen LogP contribution in [0.3, 0.4) is 0 Å². The summed E-state index contributed by atoms with van der Waals surface area (Å²) in [5.74, 6) is 0. The van der Waals surface area contributed by atoms with Gasteiger partial charge in [0.1, 0.15) is 6.23 Å². The average Bonchev–Trinajstić information content (AvgIpc) is 1.63. The summed E-state index contributed by atoms with van der Waals surface area (Å²) in [6.07, 6.45) is -0.742. The van der Waals surface area contributed by atoms with Crippen molar-refractivity contribution in [2.75, 3.05) is 6.54 Å². The summed E-state index contributed by atoms with van der Waals surface area (Å²) >= 11 is 0. The predicted octanol–water partition coefficient (Wildman–Crippen LogP) is 0.297. The van der Waals surface area contributed by atoms with Gasteiger partial charge in [-0.3, -0.25) is 5.32 Å².